The van der Waals surface area contributed by atoms with Gasteiger partial charge in [0.2, 0.25) is 5.91 Å². The van der Waals surface area contributed by atoms with E-state index in [1.54, 1.807) is 24.4 Å². The van der Waals surface area contributed by atoms with Crippen molar-refractivity contribution in [3.8, 4) is 11.1 Å². The highest BCUT2D eigenvalue weighted by Gasteiger charge is 2.21. The van der Waals surface area contributed by atoms with Crippen molar-refractivity contribution in [2.45, 2.75) is 32.1 Å². The Bertz CT molecular complexity index is 1270. The molecule has 0 bridgehead atoms. The van der Waals surface area contributed by atoms with Gasteiger partial charge < -0.3 is 15.6 Å². The lowest BCUT2D eigenvalue weighted by molar-refractivity contribution is -0.120. The van der Waals surface area contributed by atoms with Crippen LogP contribution in [0.3, 0.4) is 0 Å². The third-order valence-corrected chi connectivity index (χ3v) is 6.28. The summed E-state index contributed by atoms with van der Waals surface area (Å²) in [5.74, 6) is 0.0136. The molecule has 33 heavy (non-hydrogen) atoms. The van der Waals surface area contributed by atoms with E-state index in [2.05, 4.69) is 20.6 Å². The van der Waals surface area contributed by atoms with E-state index in [1.807, 2.05) is 48.7 Å². The fraction of sp³-hybridized carbons (Fsp3) is 0.222. The summed E-state index contributed by atoms with van der Waals surface area (Å²) in [5.41, 5.74) is 4.94. The fourth-order valence-electron chi connectivity index (χ4n) is 4.47. The summed E-state index contributed by atoms with van der Waals surface area (Å²) in [7, 11) is 0. The lowest BCUT2D eigenvalue weighted by Crippen LogP contribution is -2.24. The molecule has 166 valence electrons. The summed E-state index contributed by atoms with van der Waals surface area (Å²) in [6, 6.07) is 18.9. The van der Waals surface area contributed by atoms with E-state index >= 15 is 0 Å². The second kappa shape index (κ2) is 9.28. The topological polar surface area (TPSA) is 86.9 Å². The minimum Gasteiger partial charge on any atom is -0.361 e. The summed E-state index contributed by atoms with van der Waals surface area (Å²) in [6.07, 6.45) is 9.05. The second-order valence-electron chi connectivity index (χ2n) is 8.53. The minimum absolute atomic E-state index is 0.128. The molecule has 2 aromatic heterocycles. The molecule has 0 radical (unpaired) electrons. The van der Waals surface area contributed by atoms with Crippen LogP contribution in [0.25, 0.3) is 22.0 Å². The van der Waals surface area contributed by atoms with Crippen LogP contribution in [-0.2, 0) is 4.79 Å². The van der Waals surface area contributed by atoms with Crippen molar-refractivity contribution in [3.63, 3.8) is 0 Å². The van der Waals surface area contributed by atoms with Crippen LogP contribution < -0.4 is 10.6 Å². The number of aromatic amines is 1. The predicted molar refractivity (Wildman–Crippen MR) is 131 cm³/mol. The summed E-state index contributed by atoms with van der Waals surface area (Å²) in [6.45, 7) is 0. The zero-order chi connectivity index (χ0) is 22.6. The molecule has 4 aromatic rings. The summed E-state index contributed by atoms with van der Waals surface area (Å²) in [5, 5.41) is 6.99. The molecule has 2 amide bonds. The number of H-pyrrole nitrogens is 1. The quantitative estimate of drug-likeness (QED) is 0.357. The zero-order valence-corrected chi connectivity index (χ0v) is 18.3. The predicted octanol–water partition coefficient (Wildman–Crippen LogP) is 6.00. The van der Waals surface area contributed by atoms with Crippen molar-refractivity contribution in [1.82, 2.24) is 9.97 Å². The van der Waals surface area contributed by atoms with Gasteiger partial charge in [0, 0.05) is 46.2 Å². The van der Waals surface area contributed by atoms with E-state index in [-0.39, 0.29) is 17.7 Å². The van der Waals surface area contributed by atoms with Crippen LogP contribution in [-0.4, -0.2) is 21.8 Å². The average Bonchev–Trinajstić information content (AvgIpc) is 3.29. The molecule has 1 aliphatic carbocycles. The second-order valence-corrected chi connectivity index (χ2v) is 8.53. The van der Waals surface area contributed by atoms with Crippen molar-refractivity contribution in [1.29, 1.82) is 0 Å². The molecule has 6 nitrogen and oxygen atoms in total. The number of benzene rings is 2. The SMILES string of the molecule is O=C(Nc1ccc2[nH]cc(-c3ccc(NC(=O)C4CCCCC4)cc3)c2c1)c1ccccn1. The molecule has 1 fully saturated rings. The molecule has 1 saturated carbocycles. The number of rotatable bonds is 5. The Morgan fingerprint density at radius 2 is 1.67 bits per heavy atom. The van der Waals surface area contributed by atoms with Gasteiger partial charge in [0.25, 0.3) is 5.91 Å². The Hall–Kier alpha value is -3.93. The number of aromatic nitrogens is 2. The number of fused-ring (bicyclic) bond motifs is 1. The molecule has 0 unspecified atom stereocenters. The third-order valence-electron chi connectivity index (χ3n) is 6.28. The molecule has 1 aliphatic rings. The van der Waals surface area contributed by atoms with E-state index in [0.717, 1.165) is 53.4 Å². The van der Waals surface area contributed by atoms with E-state index < -0.39 is 0 Å². The normalized spacial score (nSPS) is 14.2. The van der Waals surface area contributed by atoms with Crippen molar-refractivity contribution in [2.24, 2.45) is 5.92 Å². The fourth-order valence-corrected chi connectivity index (χ4v) is 4.47. The van der Waals surface area contributed by atoms with E-state index in [0.29, 0.717) is 11.4 Å². The van der Waals surface area contributed by atoms with Gasteiger partial charge in [-0.25, -0.2) is 0 Å². The number of nitrogens with zero attached hydrogens (tertiary/aromatic N) is 1. The summed E-state index contributed by atoms with van der Waals surface area (Å²) >= 11 is 0. The molecule has 0 spiro atoms. The van der Waals surface area contributed by atoms with Crippen LogP contribution in [0.4, 0.5) is 11.4 Å². The Morgan fingerprint density at radius 3 is 2.42 bits per heavy atom. The monoisotopic (exact) mass is 438 g/mol. The maximum atomic E-state index is 12.5. The molecule has 0 atom stereocenters. The van der Waals surface area contributed by atoms with Crippen molar-refractivity contribution in [3.05, 3.63) is 78.8 Å². The standard InChI is InChI=1S/C27H26N4O2/c32-26(19-6-2-1-3-7-19)30-20-11-9-18(10-12-20)23-17-29-24-14-13-21(16-22(23)24)31-27(33)25-8-4-5-15-28-25/h4-5,8-17,19,29H,1-3,6-7H2,(H,30,32)(H,31,33). The van der Waals surface area contributed by atoms with Gasteiger partial charge in [0.15, 0.2) is 0 Å². The Kier molecular flexibility index (Phi) is 5.89. The molecule has 3 N–H and O–H groups in total. The molecule has 2 heterocycles. The highest BCUT2D eigenvalue weighted by molar-refractivity contribution is 6.05. The van der Waals surface area contributed by atoms with Crippen LogP contribution in [0.1, 0.15) is 42.6 Å². The van der Waals surface area contributed by atoms with Gasteiger partial charge in [-0.2, -0.15) is 0 Å². The number of hydrogen-bond acceptors (Lipinski definition) is 3. The van der Waals surface area contributed by atoms with Crippen molar-refractivity contribution in [2.75, 3.05) is 10.6 Å². The minimum atomic E-state index is -0.245. The van der Waals surface area contributed by atoms with Gasteiger partial charge in [-0.15, -0.1) is 0 Å². The van der Waals surface area contributed by atoms with Gasteiger partial charge in [-0.1, -0.05) is 37.5 Å². The molecule has 0 saturated heterocycles. The van der Waals surface area contributed by atoms with E-state index in [4.69, 9.17) is 0 Å². The lowest BCUT2D eigenvalue weighted by Gasteiger charge is -2.20. The van der Waals surface area contributed by atoms with Gasteiger partial charge in [0.05, 0.1) is 0 Å². The average molecular weight is 439 g/mol. The third kappa shape index (κ3) is 4.65. The Morgan fingerprint density at radius 1 is 0.879 bits per heavy atom. The Balaban J connectivity index is 1.33. The number of carbonyl (C=O) groups excluding carboxylic acids is 2. The van der Waals surface area contributed by atoms with Crippen LogP contribution >= 0.6 is 0 Å². The number of carbonyl (C=O) groups is 2. The molecule has 0 aliphatic heterocycles. The van der Waals surface area contributed by atoms with Crippen LogP contribution in [0.2, 0.25) is 0 Å². The maximum Gasteiger partial charge on any atom is 0.274 e. The van der Waals surface area contributed by atoms with Crippen LogP contribution in [0, 0.1) is 5.92 Å². The van der Waals surface area contributed by atoms with Crippen LogP contribution in [0.5, 0.6) is 0 Å². The molecule has 5 rings (SSSR count). The van der Waals surface area contributed by atoms with E-state index in [1.165, 1.54) is 6.42 Å². The van der Waals surface area contributed by atoms with Gasteiger partial charge in [-0.3, -0.25) is 14.6 Å². The first kappa shape index (κ1) is 20.9. The molecular formula is C27H26N4O2. The zero-order valence-electron chi connectivity index (χ0n) is 18.3. The Labute approximate surface area is 192 Å². The number of pyridine rings is 1. The van der Waals surface area contributed by atoms with Crippen molar-refractivity contribution >= 4 is 34.1 Å². The highest BCUT2D eigenvalue weighted by Crippen LogP contribution is 2.32. The highest BCUT2D eigenvalue weighted by atomic mass is 16.2. The largest absolute Gasteiger partial charge is 0.361 e. The van der Waals surface area contributed by atoms with Gasteiger partial charge in [-0.05, 0) is 60.9 Å². The first-order chi connectivity index (χ1) is 16.2. The smallest absolute Gasteiger partial charge is 0.274 e. The van der Waals surface area contributed by atoms with Gasteiger partial charge >= 0.3 is 0 Å². The maximum absolute atomic E-state index is 12.5. The molecular weight excluding hydrogens is 412 g/mol. The van der Waals surface area contributed by atoms with E-state index in [9.17, 15) is 9.59 Å². The van der Waals surface area contributed by atoms with Crippen molar-refractivity contribution < 1.29 is 9.59 Å². The summed E-state index contributed by atoms with van der Waals surface area (Å²) < 4.78 is 0. The lowest BCUT2D eigenvalue weighted by atomic mass is 9.88. The van der Waals surface area contributed by atoms with Crippen LogP contribution in [0.15, 0.2) is 73.1 Å². The number of hydrogen-bond donors (Lipinski definition) is 3. The summed E-state index contributed by atoms with van der Waals surface area (Å²) in [4.78, 5) is 32.4. The number of amides is 2. The molecule has 6 heteroatoms. The first-order valence-electron chi connectivity index (χ1n) is 11.4. The van der Waals surface area contributed by atoms with Gasteiger partial charge in [0.1, 0.15) is 5.69 Å². The first-order valence-corrected chi connectivity index (χ1v) is 11.4. The molecule has 2 aromatic carbocycles. The number of anilines is 2. The number of nitrogens with one attached hydrogen (secondary N) is 3.